The van der Waals surface area contributed by atoms with Gasteiger partial charge in [0.25, 0.3) is 0 Å². The average Bonchev–Trinajstić information content (AvgIpc) is 2.69. The van der Waals surface area contributed by atoms with Crippen LogP contribution in [0.5, 0.6) is 0 Å². The van der Waals surface area contributed by atoms with Crippen LogP contribution in [-0.4, -0.2) is 18.5 Å². The summed E-state index contributed by atoms with van der Waals surface area (Å²) in [6.45, 7) is 4.32. The summed E-state index contributed by atoms with van der Waals surface area (Å²) in [4.78, 5) is 25.2. The molecule has 0 aliphatic rings. The standard InChI is InChI=1S/C22H26O4/c1-3-5-11-17-12-9-10-15-19(17)21(23)26-20(22(24)25-16-4-2)18-13-7-6-8-14-18/h6-10,12-15,20H,3-5,11,16H2,1-2H3. The Kier molecular flexibility index (Phi) is 7.87. The van der Waals surface area contributed by atoms with Crippen LogP contribution in [0.4, 0.5) is 0 Å². The third kappa shape index (κ3) is 5.45. The zero-order valence-electron chi connectivity index (χ0n) is 15.4. The minimum atomic E-state index is -1.06. The van der Waals surface area contributed by atoms with Gasteiger partial charge in [-0.2, -0.15) is 0 Å². The first-order valence-electron chi connectivity index (χ1n) is 9.17. The molecule has 0 heterocycles. The predicted octanol–water partition coefficient (Wildman–Crippen LogP) is 4.88. The van der Waals surface area contributed by atoms with Crippen molar-refractivity contribution >= 4 is 11.9 Å². The zero-order valence-corrected chi connectivity index (χ0v) is 15.4. The van der Waals surface area contributed by atoms with Gasteiger partial charge in [0, 0.05) is 5.56 Å². The Hall–Kier alpha value is -2.62. The fourth-order valence-electron chi connectivity index (χ4n) is 2.63. The smallest absolute Gasteiger partial charge is 0.352 e. The SMILES string of the molecule is CCCCc1ccccc1C(=O)OC(C(=O)OCCC)c1ccccc1. The number of unbranched alkanes of at least 4 members (excludes halogenated alkanes) is 1. The zero-order chi connectivity index (χ0) is 18.8. The van der Waals surface area contributed by atoms with Crippen LogP contribution in [0.3, 0.4) is 0 Å². The summed E-state index contributed by atoms with van der Waals surface area (Å²) in [5, 5.41) is 0. The van der Waals surface area contributed by atoms with E-state index < -0.39 is 18.0 Å². The van der Waals surface area contributed by atoms with E-state index in [0.717, 1.165) is 24.8 Å². The second-order valence-electron chi connectivity index (χ2n) is 6.12. The minimum Gasteiger partial charge on any atom is -0.463 e. The molecule has 4 heteroatoms. The molecule has 1 atom stereocenters. The van der Waals surface area contributed by atoms with Gasteiger partial charge in [-0.15, -0.1) is 0 Å². The second kappa shape index (κ2) is 10.4. The molecule has 0 aliphatic carbocycles. The maximum Gasteiger partial charge on any atom is 0.352 e. The van der Waals surface area contributed by atoms with Gasteiger partial charge in [0.1, 0.15) is 0 Å². The fraction of sp³-hybridized carbons (Fsp3) is 0.364. The molecule has 138 valence electrons. The summed E-state index contributed by atoms with van der Waals surface area (Å²) in [6, 6.07) is 16.4. The van der Waals surface area contributed by atoms with Crippen LogP contribution in [0.25, 0.3) is 0 Å². The van der Waals surface area contributed by atoms with Crippen LogP contribution in [0, 0.1) is 0 Å². The Morgan fingerprint density at radius 1 is 0.923 bits per heavy atom. The number of hydrogen-bond donors (Lipinski definition) is 0. The van der Waals surface area contributed by atoms with Gasteiger partial charge in [0.05, 0.1) is 12.2 Å². The summed E-state index contributed by atoms with van der Waals surface area (Å²) in [5.41, 5.74) is 2.05. The molecule has 2 aromatic rings. The van der Waals surface area contributed by atoms with Crippen molar-refractivity contribution in [2.24, 2.45) is 0 Å². The average molecular weight is 354 g/mol. The highest BCUT2D eigenvalue weighted by Crippen LogP contribution is 2.23. The van der Waals surface area contributed by atoms with E-state index in [-0.39, 0.29) is 0 Å². The lowest BCUT2D eigenvalue weighted by Gasteiger charge is -2.18. The van der Waals surface area contributed by atoms with Gasteiger partial charge in [-0.1, -0.05) is 68.8 Å². The maximum atomic E-state index is 12.8. The summed E-state index contributed by atoms with van der Waals surface area (Å²) in [6.07, 6.45) is 2.48. The van der Waals surface area contributed by atoms with Gasteiger partial charge in [-0.05, 0) is 30.9 Å². The molecule has 0 aliphatic heterocycles. The molecular weight excluding hydrogens is 328 g/mol. The summed E-state index contributed by atoms with van der Waals surface area (Å²) >= 11 is 0. The van der Waals surface area contributed by atoms with E-state index >= 15 is 0 Å². The summed E-state index contributed by atoms with van der Waals surface area (Å²) in [5.74, 6) is -1.04. The van der Waals surface area contributed by atoms with Crippen molar-refractivity contribution in [3.63, 3.8) is 0 Å². The first kappa shape index (κ1) is 19.7. The lowest BCUT2D eigenvalue weighted by molar-refractivity contribution is -0.154. The van der Waals surface area contributed by atoms with Gasteiger partial charge >= 0.3 is 11.9 Å². The second-order valence-corrected chi connectivity index (χ2v) is 6.12. The topological polar surface area (TPSA) is 52.6 Å². The molecule has 26 heavy (non-hydrogen) atoms. The van der Waals surface area contributed by atoms with Gasteiger partial charge in [-0.25, -0.2) is 9.59 Å². The highest BCUT2D eigenvalue weighted by atomic mass is 16.6. The molecule has 2 aromatic carbocycles. The maximum absolute atomic E-state index is 12.8. The molecule has 0 N–H and O–H groups in total. The number of hydrogen-bond acceptors (Lipinski definition) is 4. The third-order valence-corrected chi connectivity index (χ3v) is 4.03. The molecule has 0 saturated heterocycles. The summed E-state index contributed by atoms with van der Waals surface area (Å²) in [7, 11) is 0. The number of benzene rings is 2. The van der Waals surface area contributed by atoms with Crippen LogP contribution in [0.15, 0.2) is 54.6 Å². The number of esters is 2. The van der Waals surface area contributed by atoms with Crippen molar-refractivity contribution in [1.82, 2.24) is 0 Å². The van der Waals surface area contributed by atoms with Crippen molar-refractivity contribution < 1.29 is 19.1 Å². The Morgan fingerprint density at radius 3 is 2.31 bits per heavy atom. The molecule has 0 fully saturated rings. The lowest BCUT2D eigenvalue weighted by atomic mass is 10.0. The molecule has 4 nitrogen and oxygen atoms in total. The van der Waals surface area contributed by atoms with Crippen LogP contribution in [-0.2, 0) is 20.7 Å². The molecule has 0 bridgehead atoms. The van der Waals surface area contributed by atoms with Gasteiger partial charge in [0.2, 0.25) is 6.10 Å². The van der Waals surface area contributed by atoms with E-state index in [4.69, 9.17) is 9.47 Å². The van der Waals surface area contributed by atoms with Gasteiger partial charge in [-0.3, -0.25) is 0 Å². The predicted molar refractivity (Wildman–Crippen MR) is 101 cm³/mol. The molecule has 2 rings (SSSR count). The molecule has 0 spiro atoms. The van der Waals surface area contributed by atoms with E-state index in [0.29, 0.717) is 24.2 Å². The van der Waals surface area contributed by atoms with Crippen molar-refractivity contribution in [2.75, 3.05) is 6.61 Å². The Balaban J connectivity index is 2.22. The quantitative estimate of drug-likeness (QED) is 0.602. The molecule has 1 unspecified atom stereocenters. The molecule has 0 saturated carbocycles. The number of carbonyl (C=O) groups excluding carboxylic acids is 2. The van der Waals surface area contributed by atoms with E-state index in [2.05, 4.69) is 6.92 Å². The molecule has 0 radical (unpaired) electrons. The van der Waals surface area contributed by atoms with Crippen molar-refractivity contribution in [3.05, 3.63) is 71.3 Å². The van der Waals surface area contributed by atoms with Crippen molar-refractivity contribution in [2.45, 2.75) is 45.6 Å². The van der Waals surface area contributed by atoms with E-state index in [9.17, 15) is 9.59 Å². The number of ether oxygens (including phenoxy) is 2. The van der Waals surface area contributed by atoms with Crippen LogP contribution >= 0.6 is 0 Å². The first-order valence-corrected chi connectivity index (χ1v) is 9.17. The monoisotopic (exact) mass is 354 g/mol. The molecule has 0 amide bonds. The highest BCUT2D eigenvalue weighted by molar-refractivity contribution is 5.93. The van der Waals surface area contributed by atoms with E-state index in [1.165, 1.54) is 0 Å². The van der Waals surface area contributed by atoms with Crippen LogP contribution in [0.1, 0.15) is 60.7 Å². The Labute approximate surface area is 155 Å². The highest BCUT2D eigenvalue weighted by Gasteiger charge is 2.27. The Bertz CT molecular complexity index is 709. The van der Waals surface area contributed by atoms with E-state index in [1.54, 1.807) is 36.4 Å². The van der Waals surface area contributed by atoms with Crippen molar-refractivity contribution in [1.29, 1.82) is 0 Å². The largest absolute Gasteiger partial charge is 0.463 e. The molecular formula is C22H26O4. The lowest BCUT2D eigenvalue weighted by Crippen LogP contribution is -2.23. The fourth-order valence-corrected chi connectivity index (χ4v) is 2.63. The first-order chi connectivity index (χ1) is 12.7. The minimum absolute atomic E-state index is 0.298. The summed E-state index contributed by atoms with van der Waals surface area (Å²) < 4.78 is 10.8. The van der Waals surface area contributed by atoms with Crippen LogP contribution in [0.2, 0.25) is 0 Å². The number of carbonyl (C=O) groups is 2. The third-order valence-electron chi connectivity index (χ3n) is 4.03. The number of rotatable bonds is 9. The van der Waals surface area contributed by atoms with Crippen molar-refractivity contribution in [3.8, 4) is 0 Å². The normalized spacial score (nSPS) is 11.6. The Morgan fingerprint density at radius 2 is 1.62 bits per heavy atom. The molecule has 0 aromatic heterocycles. The van der Waals surface area contributed by atoms with Gasteiger partial charge < -0.3 is 9.47 Å². The van der Waals surface area contributed by atoms with Crippen LogP contribution < -0.4 is 0 Å². The number of aryl methyl sites for hydroxylation is 1. The van der Waals surface area contributed by atoms with Gasteiger partial charge in [0.15, 0.2) is 0 Å². The van der Waals surface area contributed by atoms with E-state index in [1.807, 2.05) is 25.1 Å².